The third-order valence-electron chi connectivity index (χ3n) is 4.41. The Kier molecular flexibility index (Phi) is 11.6. The SMILES string of the molecule is CCCCCOc1cc(C(C)=O)c(OCCNC)c(OCCCCC)c1C. The summed E-state index contributed by atoms with van der Waals surface area (Å²) in [5, 5.41) is 3.06. The molecule has 0 unspecified atom stereocenters. The fourth-order valence-corrected chi connectivity index (χ4v) is 2.75. The monoisotopic (exact) mass is 379 g/mol. The van der Waals surface area contributed by atoms with Crippen LogP contribution in [0, 0.1) is 6.92 Å². The van der Waals surface area contributed by atoms with Crippen molar-refractivity contribution >= 4 is 5.78 Å². The van der Waals surface area contributed by atoms with Gasteiger partial charge in [0.15, 0.2) is 17.3 Å². The molecule has 154 valence electrons. The summed E-state index contributed by atoms with van der Waals surface area (Å²) >= 11 is 0. The molecular formula is C22H37NO4. The normalized spacial score (nSPS) is 10.7. The number of nitrogens with one attached hydrogen (secondary N) is 1. The van der Waals surface area contributed by atoms with Gasteiger partial charge in [0.2, 0.25) is 0 Å². The van der Waals surface area contributed by atoms with Crippen molar-refractivity contribution in [1.82, 2.24) is 5.32 Å². The van der Waals surface area contributed by atoms with Gasteiger partial charge >= 0.3 is 0 Å². The first kappa shape index (κ1) is 23.3. The van der Waals surface area contributed by atoms with E-state index in [1.807, 2.05) is 14.0 Å². The number of ketones is 1. The van der Waals surface area contributed by atoms with Gasteiger partial charge in [0.25, 0.3) is 0 Å². The largest absolute Gasteiger partial charge is 0.493 e. The number of unbranched alkanes of at least 4 members (excludes halogenated alkanes) is 4. The highest BCUT2D eigenvalue weighted by Gasteiger charge is 2.22. The Morgan fingerprint density at radius 3 is 2.07 bits per heavy atom. The lowest BCUT2D eigenvalue weighted by Gasteiger charge is -2.20. The van der Waals surface area contributed by atoms with E-state index in [9.17, 15) is 4.79 Å². The number of ether oxygens (including phenoxy) is 3. The van der Waals surface area contributed by atoms with E-state index in [0.29, 0.717) is 49.2 Å². The van der Waals surface area contributed by atoms with Crippen LogP contribution in [0.15, 0.2) is 6.07 Å². The predicted octanol–water partition coefficient (Wildman–Crippen LogP) is 4.93. The minimum absolute atomic E-state index is 0.0497. The molecular weight excluding hydrogens is 342 g/mol. The van der Waals surface area contributed by atoms with Crippen LogP contribution in [0.1, 0.15) is 75.2 Å². The maximum Gasteiger partial charge on any atom is 0.172 e. The maximum absolute atomic E-state index is 12.3. The molecule has 0 spiro atoms. The van der Waals surface area contributed by atoms with Crippen LogP contribution in [0.2, 0.25) is 0 Å². The highest BCUT2D eigenvalue weighted by atomic mass is 16.5. The Morgan fingerprint density at radius 2 is 1.52 bits per heavy atom. The van der Waals surface area contributed by atoms with Gasteiger partial charge in [0.1, 0.15) is 12.4 Å². The van der Waals surface area contributed by atoms with Gasteiger partial charge in [-0.15, -0.1) is 0 Å². The van der Waals surface area contributed by atoms with E-state index in [0.717, 1.165) is 44.1 Å². The minimum atomic E-state index is -0.0497. The lowest BCUT2D eigenvalue weighted by Crippen LogP contribution is -2.18. The van der Waals surface area contributed by atoms with E-state index in [2.05, 4.69) is 19.2 Å². The number of carbonyl (C=O) groups is 1. The van der Waals surface area contributed by atoms with Gasteiger partial charge in [-0.1, -0.05) is 39.5 Å². The molecule has 0 aliphatic heterocycles. The van der Waals surface area contributed by atoms with E-state index in [1.165, 1.54) is 0 Å². The average Bonchev–Trinajstić information content (AvgIpc) is 2.65. The van der Waals surface area contributed by atoms with Crippen molar-refractivity contribution in [1.29, 1.82) is 0 Å². The first-order valence-electron chi connectivity index (χ1n) is 10.3. The smallest absolute Gasteiger partial charge is 0.172 e. The number of hydrogen-bond donors (Lipinski definition) is 1. The van der Waals surface area contributed by atoms with Crippen LogP contribution in [0.3, 0.4) is 0 Å². The van der Waals surface area contributed by atoms with Crippen LogP contribution in [-0.2, 0) is 0 Å². The molecule has 0 saturated carbocycles. The molecule has 1 aromatic rings. The zero-order valence-corrected chi connectivity index (χ0v) is 17.8. The Labute approximate surface area is 164 Å². The van der Waals surface area contributed by atoms with Gasteiger partial charge in [-0.3, -0.25) is 4.79 Å². The van der Waals surface area contributed by atoms with Gasteiger partial charge in [-0.2, -0.15) is 0 Å². The summed E-state index contributed by atoms with van der Waals surface area (Å²) in [6.45, 7) is 10.3. The summed E-state index contributed by atoms with van der Waals surface area (Å²) in [6, 6.07) is 1.80. The summed E-state index contributed by atoms with van der Waals surface area (Å²) < 4.78 is 18.0. The number of hydrogen-bond acceptors (Lipinski definition) is 5. The highest BCUT2D eigenvalue weighted by Crippen LogP contribution is 2.41. The summed E-state index contributed by atoms with van der Waals surface area (Å²) in [7, 11) is 1.87. The molecule has 5 heteroatoms. The second kappa shape index (κ2) is 13.4. The Hall–Kier alpha value is -1.75. The van der Waals surface area contributed by atoms with Gasteiger partial charge < -0.3 is 19.5 Å². The van der Waals surface area contributed by atoms with Crippen molar-refractivity contribution in [2.45, 2.75) is 66.2 Å². The molecule has 0 amide bonds. The molecule has 0 bridgehead atoms. The first-order chi connectivity index (χ1) is 13.1. The van der Waals surface area contributed by atoms with E-state index >= 15 is 0 Å². The minimum Gasteiger partial charge on any atom is -0.493 e. The quantitative estimate of drug-likeness (QED) is 0.346. The molecule has 5 nitrogen and oxygen atoms in total. The highest BCUT2D eigenvalue weighted by molar-refractivity contribution is 5.98. The van der Waals surface area contributed by atoms with Crippen LogP contribution >= 0.6 is 0 Å². The van der Waals surface area contributed by atoms with Gasteiger partial charge in [-0.25, -0.2) is 0 Å². The van der Waals surface area contributed by atoms with Crippen molar-refractivity contribution in [2.75, 3.05) is 33.4 Å². The van der Waals surface area contributed by atoms with Crippen molar-refractivity contribution in [2.24, 2.45) is 0 Å². The second-order valence-corrected chi connectivity index (χ2v) is 6.82. The zero-order chi connectivity index (χ0) is 20.1. The molecule has 0 saturated heterocycles. The Morgan fingerprint density at radius 1 is 0.926 bits per heavy atom. The second-order valence-electron chi connectivity index (χ2n) is 6.82. The third-order valence-corrected chi connectivity index (χ3v) is 4.41. The molecule has 27 heavy (non-hydrogen) atoms. The third kappa shape index (κ3) is 7.79. The molecule has 0 aliphatic carbocycles. The van der Waals surface area contributed by atoms with Gasteiger partial charge in [0, 0.05) is 12.1 Å². The molecule has 0 radical (unpaired) electrons. The van der Waals surface area contributed by atoms with Crippen LogP contribution < -0.4 is 19.5 Å². The van der Waals surface area contributed by atoms with Crippen LogP contribution in [-0.4, -0.2) is 39.2 Å². The number of rotatable bonds is 15. The standard InChI is InChI=1S/C22H37NO4/c1-6-8-10-13-25-20-16-19(18(4)24)22(27-15-12-23-5)21(17(20)3)26-14-11-9-7-2/h16,23H,6-15H2,1-5H3. The van der Waals surface area contributed by atoms with E-state index < -0.39 is 0 Å². The molecule has 0 aromatic heterocycles. The lowest BCUT2D eigenvalue weighted by molar-refractivity contribution is 0.101. The van der Waals surface area contributed by atoms with E-state index in [1.54, 1.807) is 13.0 Å². The van der Waals surface area contributed by atoms with Crippen LogP contribution in [0.4, 0.5) is 0 Å². The Bertz CT molecular complexity index is 572. The number of benzene rings is 1. The first-order valence-corrected chi connectivity index (χ1v) is 10.3. The summed E-state index contributed by atoms with van der Waals surface area (Å²) in [5.74, 6) is 1.84. The van der Waals surface area contributed by atoms with E-state index in [4.69, 9.17) is 14.2 Å². The van der Waals surface area contributed by atoms with Crippen LogP contribution in [0.25, 0.3) is 0 Å². The van der Waals surface area contributed by atoms with Crippen molar-refractivity contribution in [3.05, 3.63) is 17.2 Å². The zero-order valence-electron chi connectivity index (χ0n) is 17.8. The predicted molar refractivity (Wildman–Crippen MR) is 111 cm³/mol. The van der Waals surface area contributed by atoms with Crippen molar-refractivity contribution in [3.8, 4) is 17.2 Å². The molecule has 0 atom stereocenters. The average molecular weight is 380 g/mol. The molecule has 1 aromatic carbocycles. The van der Waals surface area contributed by atoms with Crippen LogP contribution in [0.5, 0.6) is 17.2 Å². The van der Waals surface area contributed by atoms with Gasteiger partial charge in [0.05, 0.1) is 18.8 Å². The topological polar surface area (TPSA) is 56.8 Å². The molecule has 0 aliphatic rings. The van der Waals surface area contributed by atoms with Crippen molar-refractivity contribution in [3.63, 3.8) is 0 Å². The van der Waals surface area contributed by atoms with E-state index in [-0.39, 0.29) is 5.78 Å². The molecule has 1 N–H and O–H groups in total. The fourth-order valence-electron chi connectivity index (χ4n) is 2.75. The summed E-state index contributed by atoms with van der Waals surface area (Å²) in [4.78, 5) is 12.3. The van der Waals surface area contributed by atoms with Gasteiger partial charge in [-0.05, 0) is 39.8 Å². The molecule has 1 rings (SSSR count). The van der Waals surface area contributed by atoms with Crippen molar-refractivity contribution < 1.29 is 19.0 Å². The fraction of sp³-hybridized carbons (Fsp3) is 0.682. The maximum atomic E-state index is 12.3. The lowest BCUT2D eigenvalue weighted by atomic mass is 10.0. The number of likely N-dealkylation sites (N-methyl/N-ethyl adjacent to an activating group) is 1. The number of Topliss-reactive ketones (excluding diaryl/α,β-unsaturated/α-hetero) is 1. The summed E-state index contributed by atoms with van der Waals surface area (Å²) in [6.07, 6.45) is 6.49. The summed E-state index contributed by atoms with van der Waals surface area (Å²) in [5.41, 5.74) is 1.42. The number of carbonyl (C=O) groups excluding carboxylic acids is 1. The Balaban J connectivity index is 3.14. The molecule has 0 fully saturated rings. The molecule has 0 heterocycles.